The van der Waals surface area contributed by atoms with E-state index in [0.717, 1.165) is 0 Å². The van der Waals surface area contributed by atoms with E-state index in [-0.39, 0.29) is 23.8 Å². The van der Waals surface area contributed by atoms with Crippen LogP contribution in [-0.2, 0) is 11.3 Å². The van der Waals surface area contributed by atoms with E-state index in [2.05, 4.69) is 4.74 Å². The molecule has 26 heavy (non-hydrogen) atoms. The molecule has 9 heteroatoms. The Morgan fingerprint density at radius 2 is 1.42 bits per heavy atom. The largest absolute Gasteiger partial charge is 0.519 e. The summed E-state index contributed by atoms with van der Waals surface area (Å²) in [7, 11) is 0. The number of nitrogens with zero attached hydrogens (tertiary/aromatic N) is 1. The van der Waals surface area contributed by atoms with Gasteiger partial charge in [-0.25, -0.2) is 9.59 Å². The van der Waals surface area contributed by atoms with Gasteiger partial charge in [-0.1, -0.05) is 26.0 Å². The first-order valence-electron chi connectivity index (χ1n) is 7.49. The first kappa shape index (κ1) is 20.9. The summed E-state index contributed by atoms with van der Waals surface area (Å²) in [5.41, 5.74) is -0.383. The molecule has 0 bridgehead atoms. The first-order valence-corrected chi connectivity index (χ1v) is 7.87. The molecule has 2 aromatic rings. The highest BCUT2D eigenvalue weighted by atomic mass is 35.5. The predicted molar refractivity (Wildman–Crippen MR) is 93.6 cm³/mol. The maximum Gasteiger partial charge on any atom is 0.519 e. The number of carbonyl (C=O) groups excluding carboxylic acids is 2. The zero-order valence-electron chi connectivity index (χ0n) is 14.0. The molecule has 0 heterocycles. The lowest BCUT2D eigenvalue weighted by molar-refractivity contribution is -0.384. The number of rotatable bonds is 5. The number of nitro groups is 1. The second kappa shape index (κ2) is 10.7. The van der Waals surface area contributed by atoms with Gasteiger partial charge >= 0.3 is 11.6 Å². The third kappa shape index (κ3) is 7.18. The van der Waals surface area contributed by atoms with Crippen LogP contribution in [0.25, 0.3) is 0 Å². The number of hydrogen-bond donors (Lipinski definition) is 0. The molecule has 138 valence electrons. The molecule has 0 fully saturated rings. The molecule has 0 N–H and O–H groups in total. The van der Waals surface area contributed by atoms with E-state index in [1.807, 2.05) is 13.8 Å². The van der Waals surface area contributed by atoms with Crippen LogP contribution in [0.15, 0.2) is 48.5 Å². The highest BCUT2D eigenvalue weighted by molar-refractivity contribution is 6.61. The van der Waals surface area contributed by atoms with Gasteiger partial charge in [0.05, 0.1) is 4.92 Å². The number of nitro benzene ring substituents is 1. The van der Waals surface area contributed by atoms with Crippen molar-refractivity contribution >= 4 is 28.9 Å². The molecule has 0 saturated heterocycles. The van der Waals surface area contributed by atoms with Gasteiger partial charge < -0.3 is 14.2 Å². The molecule has 0 unspecified atom stereocenters. The molecule has 0 amide bonds. The molecule has 0 aliphatic rings. The molecule has 2 rings (SSSR count). The predicted octanol–water partition coefficient (Wildman–Crippen LogP) is 5.07. The smallest absolute Gasteiger partial charge is 0.449 e. The lowest BCUT2D eigenvalue weighted by atomic mass is 10.2. The zero-order chi connectivity index (χ0) is 19.5. The summed E-state index contributed by atoms with van der Waals surface area (Å²) >= 11 is 5.05. The van der Waals surface area contributed by atoms with E-state index in [9.17, 15) is 19.7 Å². The Morgan fingerprint density at radius 3 is 1.85 bits per heavy atom. The summed E-state index contributed by atoms with van der Waals surface area (Å²) in [5, 5.41) is 10.5. The topological polar surface area (TPSA) is 105 Å². The quantitative estimate of drug-likeness (QED) is 0.234. The van der Waals surface area contributed by atoms with Gasteiger partial charge in [0.15, 0.2) is 0 Å². The molecule has 0 spiro atoms. The average Bonchev–Trinajstić information content (AvgIpc) is 2.63. The summed E-state index contributed by atoms with van der Waals surface area (Å²) in [6.07, 6.45) is -0.996. The van der Waals surface area contributed by atoms with E-state index in [1.54, 1.807) is 12.1 Å². The first-order chi connectivity index (χ1) is 12.4. The van der Waals surface area contributed by atoms with Crippen molar-refractivity contribution in [2.24, 2.45) is 0 Å². The SMILES string of the molecule is CC.O=C(Cl)OCc1ccc(OC(=O)Oc2ccc([N+](=O)[O-])cc2)cc1. The second-order valence-corrected chi connectivity index (χ2v) is 4.68. The molecule has 0 aliphatic heterocycles. The number of hydrogen-bond acceptors (Lipinski definition) is 7. The van der Waals surface area contributed by atoms with Gasteiger partial charge in [0.1, 0.15) is 18.1 Å². The third-order valence-corrected chi connectivity index (χ3v) is 2.83. The van der Waals surface area contributed by atoms with Crippen LogP contribution in [0, 0.1) is 10.1 Å². The van der Waals surface area contributed by atoms with Crippen LogP contribution in [0.4, 0.5) is 15.3 Å². The van der Waals surface area contributed by atoms with Crippen molar-refractivity contribution < 1.29 is 28.7 Å². The van der Waals surface area contributed by atoms with Crippen molar-refractivity contribution in [3.8, 4) is 11.5 Å². The Morgan fingerprint density at radius 1 is 0.962 bits per heavy atom. The van der Waals surface area contributed by atoms with Crippen molar-refractivity contribution in [1.29, 1.82) is 0 Å². The van der Waals surface area contributed by atoms with E-state index in [4.69, 9.17) is 21.1 Å². The molecule has 0 aromatic heterocycles. The second-order valence-electron chi connectivity index (χ2n) is 4.38. The molecule has 0 saturated carbocycles. The fourth-order valence-corrected chi connectivity index (χ4v) is 1.70. The average molecular weight is 382 g/mol. The number of benzene rings is 2. The number of carbonyl (C=O) groups is 2. The van der Waals surface area contributed by atoms with Crippen molar-refractivity contribution in [2.75, 3.05) is 0 Å². The minimum atomic E-state index is -0.996. The highest BCUT2D eigenvalue weighted by Gasteiger charge is 2.10. The highest BCUT2D eigenvalue weighted by Crippen LogP contribution is 2.19. The minimum absolute atomic E-state index is 0.00411. The summed E-state index contributed by atoms with van der Waals surface area (Å²) in [5.74, 6) is 0.319. The molecular formula is C17H16ClNO7. The van der Waals surface area contributed by atoms with Gasteiger partial charge in [0.2, 0.25) is 0 Å². The van der Waals surface area contributed by atoms with E-state index in [1.165, 1.54) is 36.4 Å². The Hall–Kier alpha value is -3.13. The summed E-state index contributed by atoms with van der Waals surface area (Å²) in [6, 6.07) is 11.1. The summed E-state index contributed by atoms with van der Waals surface area (Å²) in [6.45, 7) is 4.00. The van der Waals surface area contributed by atoms with Crippen LogP contribution >= 0.6 is 11.6 Å². The Bertz CT molecular complexity index is 745. The summed E-state index contributed by atoms with van der Waals surface area (Å²) in [4.78, 5) is 32.1. The minimum Gasteiger partial charge on any atom is -0.449 e. The van der Waals surface area contributed by atoms with Crippen LogP contribution in [0.2, 0.25) is 0 Å². The van der Waals surface area contributed by atoms with Gasteiger partial charge in [-0.05, 0) is 29.8 Å². The van der Waals surface area contributed by atoms with Crippen LogP contribution in [-0.4, -0.2) is 16.5 Å². The standard InChI is InChI=1S/C15H10ClNO7.C2H6/c16-14(18)22-9-10-1-5-12(6-2-10)23-15(19)24-13-7-3-11(4-8-13)17(20)21;1-2/h1-8H,9H2;1-2H3. The summed E-state index contributed by atoms with van der Waals surface area (Å²) < 4.78 is 14.4. The van der Waals surface area contributed by atoms with Crippen LogP contribution < -0.4 is 9.47 Å². The van der Waals surface area contributed by atoms with Gasteiger partial charge in [-0.2, -0.15) is 0 Å². The Balaban J connectivity index is 0.00000163. The van der Waals surface area contributed by atoms with E-state index < -0.39 is 16.5 Å². The zero-order valence-corrected chi connectivity index (χ0v) is 14.8. The molecule has 8 nitrogen and oxygen atoms in total. The number of non-ortho nitro benzene ring substituents is 1. The lowest BCUT2D eigenvalue weighted by Crippen LogP contribution is -2.13. The molecule has 0 aliphatic carbocycles. The van der Waals surface area contributed by atoms with E-state index >= 15 is 0 Å². The van der Waals surface area contributed by atoms with Crippen molar-refractivity contribution in [3.05, 3.63) is 64.2 Å². The molecular weight excluding hydrogens is 366 g/mol. The molecule has 0 atom stereocenters. The fourth-order valence-electron chi connectivity index (χ4n) is 1.64. The van der Waals surface area contributed by atoms with Gasteiger partial charge in [-0.15, -0.1) is 0 Å². The number of ether oxygens (including phenoxy) is 3. The van der Waals surface area contributed by atoms with Crippen LogP contribution in [0.3, 0.4) is 0 Å². The van der Waals surface area contributed by atoms with Crippen LogP contribution in [0.5, 0.6) is 11.5 Å². The fraction of sp³-hybridized carbons (Fsp3) is 0.176. The van der Waals surface area contributed by atoms with Crippen molar-refractivity contribution in [3.63, 3.8) is 0 Å². The third-order valence-electron chi connectivity index (χ3n) is 2.73. The van der Waals surface area contributed by atoms with Crippen molar-refractivity contribution in [2.45, 2.75) is 20.5 Å². The lowest BCUT2D eigenvalue weighted by Gasteiger charge is -2.06. The Kier molecular flexibility index (Phi) is 8.59. The monoisotopic (exact) mass is 381 g/mol. The maximum absolute atomic E-state index is 11.6. The van der Waals surface area contributed by atoms with Crippen LogP contribution in [0.1, 0.15) is 19.4 Å². The van der Waals surface area contributed by atoms with E-state index in [0.29, 0.717) is 5.56 Å². The van der Waals surface area contributed by atoms with Gasteiger partial charge in [0, 0.05) is 23.7 Å². The number of halogens is 1. The maximum atomic E-state index is 11.6. The normalized spacial score (nSPS) is 9.35. The van der Waals surface area contributed by atoms with Gasteiger partial charge in [-0.3, -0.25) is 10.1 Å². The molecule has 0 radical (unpaired) electrons. The van der Waals surface area contributed by atoms with Crippen molar-refractivity contribution in [1.82, 2.24) is 0 Å². The molecule has 2 aromatic carbocycles. The van der Waals surface area contributed by atoms with Gasteiger partial charge in [0.25, 0.3) is 5.69 Å². The Labute approximate surface area is 154 Å².